The minimum Gasteiger partial charge on any atom is -0.493 e. The van der Waals surface area contributed by atoms with Gasteiger partial charge in [-0.3, -0.25) is 4.79 Å². The highest BCUT2D eigenvalue weighted by Gasteiger charge is 2.14. The van der Waals surface area contributed by atoms with Crippen molar-refractivity contribution >= 4 is 28.9 Å². The number of carbonyl (C=O) groups is 2. The molecule has 4 aromatic rings. The van der Waals surface area contributed by atoms with Crippen molar-refractivity contribution in [3.63, 3.8) is 0 Å². The Labute approximate surface area is 206 Å². The number of rotatable bonds is 9. The number of esters is 1. The third-order valence-corrected chi connectivity index (χ3v) is 5.93. The van der Waals surface area contributed by atoms with Crippen LogP contribution in [0.2, 0.25) is 0 Å². The summed E-state index contributed by atoms with van der Waals surface area (Å²) in [5.74, 6) is 0.582. The fourth-order valence-corrected chi connectivity index (χ4v) is 4.18. The molecule has 1 amide bonds. The van der Waals surface area contributed by atoms with Gasteiger partial charge >= 0.3 is 5.97 Å². The zero-order chi connectivity index (χ0) is 24.8. The summed E-state index contributed by atoms with van der Waals surface area (Å²) < 4.78 is 17.2. The van der Waals surface area contributed by atoms with Gasteiger partial charge in [0.1, 0.15) is 5.01 Å². The lowest BCUT2D eigenvalue weighted by atomic mass is 10.2. The maximum Gasteiger partial charge on any atom is 0.358 e. The van der Waals surface area contributed by atoms with E-state index < -0.39 is 5.97 Å². The van der Waals surface area contributed by atoms with E-state index in [0.29, 0.717) is 28.6 Å². The molecule has 180 valence electrons. The Kier molecular flexibility index (Phi) is 7.41. The molecule has 0 radical (unpaired) electrons. The van der Waals surface area contributed by atoms with E-state index in [2.05, 4.69) is 15.4 Å². The molecule has 1 N–H and O–H groups in total. The predicted octanol–water partition coefficient (Wildman–Crippen LogP) is 4.37. The summed E-state index contributed by atoms with van der Waals surface area (Å²) in [6.45, 7) is 2.02. The molecular weight excluding hydrogens is 468 g/mol. The van der Waals surface area contributed by atoms with E-state index in [1.807, 2.05) is 29.6 Å². The van der Waals surface area contributed by atoms with Gasteiger partial charge in [0.2, 0.25) is 5.91 Å². The fraction of sp³-hybridized carbons (Fsp3) is 0.200. The molecule has 0 saturated carbocycles. The van der Waals surface area contributed by atoms with Crippen molar-refractivity contribution in [2.24, 2.45) is 0 Å². The van der Waals surface area contributed by atoms with Crippen LogP contribution in [0.4, 0.5) is 5.69 Å². The summed E-state index contributed by atoms with van der Waals surface area (Å²) >= 11 is 1.45. The average molecular weight is 493 g/mol. The number of thiazole rings is 1. The van der Waals surface area contributed by atoms with Crippen LogP contribution < -0.4 is 14.8 Å². The molecule has 2 heterocycles. The molecular formula is C25H24N4O5S. The molecule has 0 aliphatic rings. The Morgan fingerprint density at radius 1 is 1.06 bits per heavy atom. The minimum atomic E-state index is -0.480. The van der Waals surface area contributed by atoms with E-state index in [9.17, 15) is 9.59 Å². The molecule has 4 rings (SSSR count). The molecule has 0 saturated heterocycles. The predicted molar refractivity (Wildman–Crippen MR) is 133 cm³/mol. The summed E-state index contributed by atoms with van der Waals surface area (Å²) in [7, 11) is 3.17. The van der Waals surface area contributed by atoms with Crippen LogP contribution in [-0.4, -0.2) is 47.5 Å². The Morgan fingerprint density at radius 2 is 1.89 bits per heavy atom. The highest BCUT2D eigenvalue weighted by molar-refractivity contribution is 7.13. The summed E-state index contributed by atoms with van der Waals surface area (Å²) in [5, 5.41) is 9.78. The molecule has 2 aromatic heterocycles. The number of nitrogens with one attached hydrogen (secondary N) is 1. The molecule has 0 atom stereocenters. The Hall–Kier alpha value is -4.18. The van der Waals surface area contributed by atoms with E-state index in [1.54, 1.807) is 56.3 Å². The number of nitrogens with zero attached hydrogens (tertiary/aromatic N) is 3. The third-order valence-electron chi connectivity index (χ3n) is 4.99. The normalized spacial score (nSPS) is 10.6. The van der Waals surface area contributed by atoms with Crippen LogP contribution in [0.15, 0.2) is 60.1 Å². The van der Waals surface area contributed by atoms with Gasteiger partial charge in [0, 0.05) is 22.8 Å². The Morgan fingerprint density at radius 3 is 2.66 bits per heavy atom. The summed E-state index contributed by atoms with van der Waals surface area (Å²) in [6, 6.07) is 14.4. The lowest BCUT2D eigenvalue weighted by Gasteiger charge is -2.08. The van der Waals surface area contributed by atoms with Crippen LogP contribution in [0, 0.1) is 0 Å². The second kappa shape index (κ2) is 10.8. The van der Waals surface area contributed by atoms with Crippen LogP contribution in [0.5, 0.6) is 11.5 Å². The highest BCUT2D eigenvalue weighted by Crippen LogP contribution is 2.33. The average Bonchev–Trinajstić information content (AvgIpc) is 3.54. The smallest absolute Gasteiger partial charge is 0.358 e. The highest BCUT2D eigenvalue weighted by atomic mass is 32.1. The van der Waals surface area contributed by atoms with Gasteiger partial charge in [0.15, 0.2) is 17.2 Å². The van der Waals surface area contributed by atoms with E-state index in [0.717, 1.165) is 10.6 Å². The SMILES string of the molecule is CCOC(=O)c1ccn(-c2cccc(NC(=O)Cc3csc(-c4ccc(OC)c(OC)c4)n3)c2)n1. The largest absolute Gasteiger partial charge is 0.493 e. The number of hydrogen-bond acceptors (Lipinski definition) is 8. The monoisotopic (exact) mass is 492 g/mol. The number of anilines is 1. The molecule has 2 aromatic carbocycles. The number of aromatic nitrogens is 3. The number of hydrogen-bond donors (Lipinski definition) is 1. The first-order chi connectivity index (χ1) is 17.0. The van der Waals surface area contributed by atoms with Crippen molar-refractivity contribution in [3.05, 3.63) is 71.5 Å². The standard InChI is InChI=1S/C25H24N4O5S/c1-4-34-25(31)20-10-11-29(28-20)19-7-5-6-17(13-19)26-23(30)14-18-15-35-24(27-18)16-8-9-21(32-2)22(12-16)33-3/h5-13,15H,4,14H2,1-3H3,(H,26,30). The first kappa shape index (κ1) is 24.0. The van der Waals surface area contributed by atoms with Crippen molar-refractivity contribution in [2.45, 2.75) is 13.3 Å². The maximum atomic E-state index is 12.7. The molecule has 0 unspecified atom stereocenters. The van der Waals surface area contributed by atoms with Crippen LogP contribution >= 0.6 is 11.3 Å². The van der Waals surface area contributed by atoms with Crippen molar-refractivity contribution in [3.8, 4) is 27.8 Å². The zero-order valence-electron chi connectivity index (χ0n) is 19.5. The lowest BCUT2D eigenvalue weighted by molar-refractivity contribution is -0.115. The van der Waals surface area contributed by atoms with Gasteiger partial charge in [-0.05, 0) is 49.4 Å². The number of carbonyl (C=O) groups excluding carboxylic acids is 2. The van der Waals surface area contributed by atoms with E-state index in [4.69, 9.17) is 14.2 Å². The van der Waals surface area contributed by atoms with Gasteiger partial charge in [-0.2, -0.15) is 5.10 Å². The zero-order valence-corrected chi connectivity index (χ0v) is 20.3. The van der Waals surface area contributed by atoms with Gasteiger partial charge in [-0.1, -0.05) is 6.07 Å². The quantitative estimate of drug-likeness (QED) is 0.346. The minimum absolute atomic E-state index is 0.128. The van der Waals surface area contributed by atoms with Gasteiger partial charge in [0.25, 0.3) is 0 Å². The molecule has 0 spiro atoms. The van der Waals surface area contributed by atoms with Crippen molar-refractivity contribution in [2.75, 3.05) is 26.1 Å². The van der Waals surface area contributed by atoms with E-state index in [1.165, 1.54) is 11.3 Å². The van der Waals surface area contributed by atoms with Gasteiger partial charge in [-0.25, -0.2) is 14.5 Å². The number of benzene rings is 2. The van der Waals surface area contributed by atoms with E-state index >= 15 is 0 Å². The first-order valence-electron chi connectivity index (χ1n) is 10.8. The third kappa shape index (κ3) is 5.67. The van der Waals surface area contributed by atoms with Gasteiger partial charge in [0.05, 0.1) is 38.6 Å². The van der Waals surface area contributed by atoms with E-state index in [-0.39, 0.29) is 24.6 Å². The second-order valence-corrected chi connectivity index (χ2v) is 8.21. The molecule has 0 aliphatic carbocycles. The fourth-order valence-electron chi connectivity index (χ4n) is 3.37. The maximum absolute atomic E-state index is 12.7. The number of ether oxygens (including phenoxy) is 3. The van der Waals surface area contributed by atoms with Crippen LogP contribution in [-0.2, 0) is 16.0 Å². The van der Waals surface area contributed by atoms with Gasteiger partial charge in [-0.15, -0.1) is 11.3 Å². The molecule has 9 nitrogen and oxygen atoms in total. The molecule has 0 fully saturated rings. The van der Waals surface area contributed by atoms with Crippen molar-refractivity contribution < 1.29 is 23.8 Å². The second-order valence-electron chi connectivity index (χ2n) is 7.36. The molecule has 10 heteroatoms. The van der Waals surface area contributed by atoms with Gasteiger partial charge < -0.3 is 19.5 Å². The van der Waals surface area contributed by atoms with Crippen LogP contribution in [0.25, 0.3) is 16.3 Å². The topological polar surface area (TPSA) is 105 Å². The first-order valence-corrected chi connectivity index (χ1v) is 11.7. The van der Waals surface area contributed by atoms with Crippen LogP contribution in [0.1, 0.15) is 23.1 Å². The summed E-state index contributed by atoms with van der Waals surface area (Å²) in [4.78, 5) is 29.1. The Balaban J connectivity index is 1.42. The molecule has 35 heavy (non-hydrogen) atoms. The lowest BCUT2D eigenvalue weighted by Crippen LogP contribution is -2.14. The van der Waals surface area contributed by atoms with Crippen molar-refractivity contribution in [1.82, 2.24) is 14.8 Å². The summed E-state index contributed by atoms with van der Waals surface area (Å²) in [5.41, 5.74) is 3.07. The van der Waals surface area contributed by atoms with Crippen LogP contribution in [0.3, 0.4) is 0 Å². The number of methoxy groups -OCH3 is 2. The Bertz CT molecular complexity index is 1350. The molecule has 0 bridgehead atoms. The number of amides is 1. The summed E-state index contributed by atoms with van der Waals surface area (Å²) in [6.07, 6.45) is 1.79. The van der Waals surface area contributed by atoms with Crippen molar-refractivity contribution in [1.29, 1.82) is 0 Å². The molecule has 0 aliphatic heterocycles.